The standard InChI is InChI=1S/C14H21NO3S/c1-17-13(16)11-7-12(18-9-11)8-15-10-14(19-2)5-3-4-6-14/h7,9,15H,3-6,8,10H2,1-2H3. The quantitative estimate of drug-likeness (QED) is 0.814. The van der Waals surface area contributed by atoms with Crippen LogP contribution in [0.25, 0.3) is 0 Å². The van der Waals surface area contributed by atoms with Crippen LogP contribution in [0.1, 0.15) is 41.8 Å². The minimum atomic E-state index is -0.355. The average Bonchev–Trinajstić information content (AvgIpc) is 3.08. The molecule has 19 heavy (non-hydrogen) atoms. The van der Waals surface area contributed by atoms with Gasteiger partial charge in [-0.2, -0.15) is 11.8 Å². The maximum Gasteiger partial charge on any atom is 0.341 e. The largest absolute Gasteiger partial charge is 0.467 e. The summed E-state index contributed by atoms with van der Waals surface area (Å²) in [4.78, 5) is 11.3. The lowest BCUT2D eigenvalue weighted by Gasteiger charge is -2.26. The fourth-order valence-electron chi connectivity index (χ4n) is 2.58. The van der Waals surface area contributed by atoms with Crippen LogP contribution in [0.2, 0.25) is 0 Å². The summed E-state index contributed by atoms with van der Waals surface area (Å²) in [5, 5.41) is 3.44. The van der Waals surface area contributed by atoms with Gasteiger partial charge in [-0.05, 0) is 25.2 Å². The number of ether oxygens (including phenoxy) is 1. The Morgan fingerprint density at radius 1 is 1.53 bits per heavy atom. The van der Waals surface area contributed by atoms with Gasteiger partial charge in [-0.25, -0.2) is 4.79 Å². The van der Waals surface area contributed by atoms with Crippen molar-refractivity contribution in [2.24, 2.45) is 0 Å². The van der Waals surface area contributed by atoms with Gasteiger partial charge in [-0.3, -0.25) is 0 Å². The van der Waals surface area contributed by atoms with E-state index in [1.54, 1.807) is 6.07 Å². The van der Waals surface area contributed by atoms with Crippen molar-refractivity contribution in [3.63, 3.8) is 0 Å². The molecule has 0 atom stereocenters. The Morgan fingerprint density at radius 2 is 2.26 bits per heavy atom. The van der Waals surface area contributed by atoms with Gasteiger partial charge in [-0.1, -0.05) is 12.8 Å². The van der Waals surface area contributed by atoms with Gasteiger partial charge >= 0.3 is 5.97 Å². The maximum absolute atomic E-state index is 11.3. The number of hydrogen-bond donors (Lipinski definition) is 1. The van der Waals surface area contributed by atoms with E-state index in [0.717, 1.165) is 12.3 Å². The Morgan fingerprint density at radius 3 is 2.89 bits per heavy atom. The lowest BCUT2D eigenvalue weighted by Crippen LogP contribution is -2.34. The summed E-state index contributed by atoms with van der Waals surface area (Å²) >= 11 is 1.96. The van der Waals surface area contributed by atoms with E-state index in [-0.39, 0.29) is 5.97 Å². The number of thioether (sulfide) groups is 1. The number of nitrogens with one attached hydrogen (secondary N) is 1. The number of methoxy groups -OCH3 is 1. The first-order valence-electron chi connectivity index (χ1n) is 6.61. The second-order valence-corrected chi connectivity index (χ2v) is 6.27. The number of carbonyl (C=O) groups excluding carboxylic acids is 1. The van der Waals surface area contributed by atoms with Gasteiger partial charge in [0.25, 0.3) is 0 Å². The van der Waals surface area contributed by atoms with Crippen molar-refractivity contribution >= 4 is 17.7 Å². The highest BCUT2D eigenvalue weighted by Gasteiger charge is 2.32. The molecule has 0 aliphatic heterocycles. The zero-order chi connectivity index (χ0) is 13.7. The molecule has 1 aromatic rings. The van der Waals surface area contributed by atoms with Crippen molar-refractivity contribution in [2.75, 3.05) is 19.9 Å². The minimum Gasteiger partial charge on any atom is -0.467 e. The molecule has 0 unspecified atom stereocenters. The SMILES string of the molecule is COC(=O)c1coc(CNCC2(SC)CCCC2)c1. The molecule has 0 amide bonds. The number of esters is 1. The molecule has 1 fully saturated rings. The van der Waals surface area contributed by atoms with E-state index in [2.05, 4.69) is 16.3 Å². The Bertz CT molecular complexity index is 424. The molecular formula is C14H21NO3S. The molecule has 0 saturated heterocycles. The van der Waals surface area contributed by atoms with E-state index in [9.17, 15) is 4.79 Å². The van der Waals surface area contributed by atoms with Gasteiger partial charge in [0.05, 0.1) is 19.2 Å². The van der Waals surface area contributed by atoms with Crippen molar-refractivity contribution in [2.45, 2.75) is 37.0 Å². The Kier molecular flexibility index (Phi) is 4.93. The van der Waals surface area contributed by atoms with Crippen LogP contribution in [-0.4, -0.2) is 30.6 Å². The molecule has 106 valence electrons. The summed E-state index contributed by atoms with van der Waals surface area (Å²) < 4.78 is 10.4. The summed E-state index contributed by atoms with van der Waals surface area (Å²) in [6.07, 6.45) is 8.86. The molecule has 5 heteroatoms. The summed E-state index contributed by atoms with van der Waals surface area (Å²) in [5.74, 6) is 0.418. The molecule has 1 saturated carbocycles. The van der Waals surface area contributed by atoms with Crippen molar-refractivity contribution in [1.29, 1.82) is 0 Å². The maximum atomic E-state index is 11.3. The lowest BCUT2D eigenvalue weighted by atomic mass is 10.1. The van der Waals surface area contributed by atoms with Gasteiger partial charge in [0.15, 0.2) is 0 Å². The molecular weight excluding hydrogens is 262 g/mol. The third-order valence-corrected chi connectivity index (χ3v) is 5.19. The Labute approximate surface area is 118 Å². The van der Waals surface area contributed by atoms with Crippen molar-refractivity contribution < 1.29 is 13.9 Å². The highest BCUT2D eigenvalue weighted by molar-refractivity contribution is 8.00. The van der Waals surface area contributed by atoms with Crippen LogP contribution in [0.4, 0.5) is 0 Å². The van der Waals surface area contributed by atoms with Crippen LogP contribution in [-0.2, 0) is 11.3 Å². The second kappa shape index (κ2) is 6.48. The first-order valence-corrected chi connectivity index (χ1v) is 7.83. The van der Waals surface area contributed by atoms with E-state index in [1.807, 2.05) is 11.8 Å². The summed E-state index contributed by atoms with van der Waals surface area (Å²) in [5.41, 5.74) is 0.472. The molecule has 0 radical (unpaired) electrons. The smallest absolute Gasteiger partial charge is 0.341 e. The van der Waals surface area contributed by atoms with Gasteiger partial charge in [-0.15, -0.1) is 0 Å². The number of rotatable bonds is 6. The van der Waals surface area contributed by atoms with Gasteiger partial charge < -0.3 is 14.5 Å². The fraction of sp³-hybridized carbons (Fsp3) is 0.643. The zero-order valence-electron chi connectivity index (χ0n) is 11.5. The number of furan rings is 1. The lowest BCUT2D eigenvalue weighted by molar-refractivity contribution is 0.0600. The van der Waals surface area contributed by atoms with Crippen LogP contribution >= 0.6 is 11.8 Å². The van der Waals surface area contributed by atoms with Crippen LogP contribution in [0, 0.1) is 0 Å². The Balaban J connectivity index is 1.82. The third-order valence-electron chi connectivity index (χ3n) is 3.77. The van der Waals surface area contributed by atoms with E-state index < -0.39 is 0 Å². The molecule has 1 aromatic heterocycles. The second-order valence-electron chi connectivity index (χ2n) is 4.99. The molecule has 2 rings (SSSR count). The van der Waals surface area contributed by atoms with Crippen molar-refractivity contribution in [3.8, 4) is 0 Å². The molecule has 0 spiro atoms. The molecule has 1 N–H and O–H groups in total. The van der Waals surface area contributed by atoms with Gasteiger partial charge in [0.1, 0.15) is 12.0 Å². The molecule has 1 aliphatic rings. The van der Waals surface area contributed by atoms with Crippen molar-refractivity contribution in [3.05, 3.63) is 23.7 Å². The highest BCUT2D eigenvalue weighted by Crippen LogP contribution is 2.39. The molecule has 1 heterocycles. The Hall–Kier alpha value is -0.940. The average molecular weight is 283 g/mol. The predicted molar refractivity (Wildman–Crippen MR) is 76.5 cm³/mol. The molecule has 0 bridgehead atoms. The van der Waals surface area contributed by atoms with E-state index >= 15 is 0 Å². The van der Waals surface area contributed by atoms with E-state index in [0.29, 0.717) is 16.9 Å². The van der Waals surface area contributed by atoms with Crippen LogP contribution in [0.5, 0.6) is 0 Å². The highest BCUT2D eigenvalue weighted by atomic mass is 32.2. The summed E-state index contributed by atoms with van der Waals surface area (Å²) in [6, 6.07) is 1.74. The predicted octanol–water partition coefficient (Wildman–Crippen LogP) is 2.83. The third kappa shape index (κ3) is 3.54. The fourth-order valence-corrected chi connectivity index (χ4v) is 3.53. The first kappa shape index (κ1) is 14.5. The number of hydrogen-bond acceptors (Lipinski definition) is 5. The zero-order valence-corrected chi connectivity index (χ0v) is 12.3. The minimum absolute atomic E-state index is 0.355. The topological polar surface area (TPSA) is 51.5 Å². The summed E-state index contributed by atoms with van der Waals surface area (Å²) in [7, 11) is 1.37. The van der Waals surface area contributed by atoms with E-state index in [1.165, 1.54) is 39.1 Å². The normalized spacial score (nSPS) is 17.6. The monoisotopic (exact) mass is 283 g/mol. The van der Waals surface area contributed by atoms with Crippen LogP contribution < -0.4 is 5.32 Å². The summed E-state index contributed by atoms with van der Waals surface area (Å²) in [6.45, 7) is 1.64. The number of carbonyl (C=O) groups is 1. The molecule has 0 aromatic carbocycles. The van der Waals surface area contributed by atoms with Crippen LogP contribution in [0.15, 0.2) is 16.7 Å². The molecule has 1 aliphatic carbocycles. The first-order chi connectivity index (χ1) is 9.19. The van der Waals surface area contributed by atoms with Crippen molar-refractivity contribution in [1.82, 2.24) is 5.32 Å². The van der Waals surface area contributed by atoms with Crippen LogP contribution in [0.3, 0.4) is 0 Å². The molecule has 4 nitrogen and oxygen atoms in total. The van der Waals surface area contributed by atoms with Gasteiger partial charge in [0, 0.05) is 11.3 Å². The van der Waals surface area contributed by atoms with Gasteiger partial charge in [0.2, 0.25) is 0 Å². The van der Waals surface area contributed by atoms with E-state index in [4.69, 9.17) is 4.42 Å².